The zero-order valence-corrected chi connectivity index (χ0v) is 7.60. The van der Waals surface area contributed by atoms with E-state index < -0.39 is 0 Å². The predicted octanol–water partition coefficient (Wildman–Crippen LogP) is -2.41. The van der Waals surface area contributed by atoms with Crippen LogP contribution < -0.4 is 12.4 Å². The first-order valence-corrected chi connectivity index (χ1v) is 3.12. The second-order valence-electron chi connectivity index (χ2n) is 2.88. The largest absolute Gasteiger partial charge is 1.00 e. The molecule has 1 N–H and O–H groups in total. The van der Waals surface area contributed by atoms with Crippen molar-refractivity contribution < 1.29 is 22.0 Å². The molecule has 3 heteroatoms. The van der Waals surface area contributed by atoms with E-state index >= 15 is 0 Å². The highest BCUT2D eigenvalue weighted by Crippen LogP contribution is 2.01. The normalized spacial score (nSPS) is 13.6. The van der Waals surface area contributed by atoms with Crippen molar-refractivity contribution in [3.63, 3.8) is 0 Å². The Hall–Kier alpha value is -0.0500. The van der Waals surface area contributed by atoms with Gasteiger partial charge in [-0.25, -0.2) is 0 Å². The van der Waals surface area contributed by atoms with E-state index in [0.29, 0.717) is 4.48 Å². The molecule has 0 aromatic carbocycles. The van der Waals surface area contributed by atoms with Crippen LogP contribution in [0.25, 0.3) is 0 Å². The van der Waals surface area contributed by atoms with Crippen LogP contribution in [0.2, 0.25) is 0 Å². The van der Waals surface area contributed by atoms with Crippen molar-refractivity contribution >= 4 is 0 Å². The highest BCUT2D eigenvalue weighted by molar-refractivity contribution is 4.64. The lowest BCUT2D eigenvalue weighted by atomic mass is 10.4. The number of aliphatic hydroxyl groups excluding tert-OH is 1. The van der Waals surface area contributed by atoms with Crippen LogP contribution in [0.1, 0.15) is 6.92 Å². The quantitative estimate of drug-likeness (QED) is 0.281. The Kier molecular flexibility index (Phi) is 5.95. The molecule has 0 spiro atoms. The molecule has 0 saturated carbocycles. The Morgan fingerprint density at radius 3 is 2.10 bits per heavy atom. The number of nitrogens with zero attached hydrogens (tertiary/aromatic N) is 1. The van der Waals surface area contributed by atoms with Gasteiger partial charge in [-0.3, -0.25) is 0 Å². The van der Waals surface area contributed by atoms with Crippen molar-refractivity contribution in [2.24, 2.45) is 0 Å². The summed E-state index contributed by atoms with van der Waals surface area (Å²) in [5.41, 5.74) is 0. The summed E-state index contributed by atoms with van der Waals surface area (Å²) >= 11 is 0. The van der Waals surface area contributed by atoms with Crippen LogP contribution in [-0.4, -0.2) is 36.5 Å². The van der Waals surface area contributed by atoms with E-state index in [1.54, 1.807) is 6.92 Å². The molecule has 0 bridgehead atoms. The standard InChI is InChI=1S/C7H16NO.ClH/c1-5-6-8(3,4)7(2)9;/h5,7,9H,1,6H2,2-4H3;1H/q+1;/p-1. The van der Waals surface area contributed by atoms with Crippen LogP contribution in [-0.2, 0) is 0 Å². The summed E-state index contributed by atoms with van der Waals surface area (Å²) in [4.78, 5) is 0. The van der Waals surface area contributed by atoms with E-state index in [-0.39, 0.29) is 18.6 Å². The number of halogens is 1. The topological polar surface area (TPSA) is 20.2 Å². The Bertz CT molecular complexity index is 102. The first-order valence-electron chi connectivity index (χ1n) is 3.12. The molecule has 0 aromatic heterocycles. The zero-order chi connectivity index (χ0) is 7.49. The molecule has 0 rings (SSSR count). The maximum Gasteiger partial charge on any atom is 0.187 e. The highest BCUT2D eigenvalue weighted by Gasteiger charge is 2.18. The molecule has 0 aromatic rings. The third-order valence-electron chi connectivity index (χ3n) is 1.61. The number of rotatable bonds is 3. The smallest absolute Gasteiger partial charge is 0.187 e. The molecule has 62 valence electrons. The van der Waals surface area contributed by atoms with Gasteiger partial charge in [0, 0.05) is 6.92 Å². The lowest BCUT2D eigenvalue weighted by Gasteiger charge is -2.31. The minimum Gasteiger partial charge on any atom is -1.00 e. The van der Waals surface area contributed by atoms with E-state index in [1.807, 2.05) is 20.2 Å². The summed E-state index contributed by atoms with van der Waals surface area (Å²) in [5.74, 6) is 0. The summed E-state index contributed by atoms with van der Waals surface area (Å²) < 4.78 is 0.587. The average molecular weight is 166 g/mol. The van der Waals surface area contributed by atoms with Crippen LogP contribution >= 0.6 is 0 Å². The molecular weight excluding hydrogens is 150 g/mol. The summed E-state index contributed by atoms with van der Waals surface area (Å²) in [5, 5.41) is 9.14. The molecule has 0 aliphatic carbocycles. The number of aliphatic hydroxyl groups is 1. The average Bonchev–Trinajstić information content (AvgIpc) is 1.65. The summed E-state index contributed by atoms with van der Waals surface area (Å²) in [6.45, 7) is 6.19. The van der Waals surface area contributed by atoms with Gasteiger partial charge in [-0.15, -0.1) is 0 Å². The lowest BCUT2D eigenvalue weighted by molar-refractivity contribution is -0.929. The number of hydrogen-bond donors (Lipinski definition) is 1. The Morgan fingerprint density at radius 2 is 2.00 bits per heavy atom. The first-order chi connectivity index (χ1) is 4.00. The number of hydrogen-bond acceptors (Lipinski definition) is 1. The minimum absolute atomic E-state index is 0. The van der Waals surface area contributed by atoms with Crippen molar-refractivity contribution in [3.8, 4) is 0 Å². The van der Waals surface area contributed by atoms with Crippen LogP contribution in [0.4, 0.5) is 0 Å². The lowest BCUT2D eigenvalue weighted by Crippen LogP contribution is -3.00. The Labute approximate surface area is 69.2 Å². The molecule has 0 aliphatic rings. The fraction of sp³-hybridized carbons (Fsp3) is 0.714. The molecule has 2 nitrogen and oxygen atoms in total. The second kappa shape index (κ2) is 4.72. The molecule has 10 heavy (non-hydrogen) atoms. The van der Waals surface area contributed by atoms with Crippen LogP contribution in [0.15, 0.2) is 12.7 Å². The second-order valence-corrected chi connectivity index (χ2v) is 2.88. The van der Waals surface area contributed by atoms with Crippen molar-refractivity contribution in [2.75, 3.05) is 20.6 Å². The highest BCUT2D eigenvalue weighted by atomic mass is 35.5. The van der Waals surface area contributed by atoms with Crippen molar-refractivity contribution in [2.45, 2.75) is 13.2 Å². The van der Waals surface area contributed by atoms with Crippen LogP contribution in [0.5, 0.6) is 0 Å². The van der Waals surface area contributed by atoms with E-state index in [2.05, 4.69) is 6.58 Å². The summed E-state index contributed by atoms with van der Waals surface area (Å²) in [6, 6.07) is 0. The van der Waals surface area contributed by atoms with Gasteiger partial charge in [0.05, 0.1) is 20.6 Å². The maximum atomic E-state index is 9.14. The van der Waals surface area contributed by atoms with Gasteiger partial charge in [0.1, 0.15) is 0 Å². The molecule has 1 unspecified atom stereocenters. The first kappa shape index (κ1) is 12.6. The molecule has 0 saturated heterocycles. The van der Waals surface area contributed by atoms with Crippen LogP contribution in [0, 0.1) is 0 Å². The van der Waals surface area contributed by atoms with Gasteiger partial charge < -0.3 is 22.0 Å². The van der Waals surface area contributed by atoms with Gasteiger partial charge in [0.15, 0.2) is 6.23 Å². The number of quaternary nitrogens is 1. The van der Waals surface area contributed by atoms with Crippen molar-refractivity contribution in [3.05, 3.63) is 12.7 Å². The molecule has 1 atom stereocenters. The van der Waals surface area contributed by atoms with Gasteiger partial charge in [0.25, 0.3) is 0 Å². The van der Waals surface area contributed by atoms with E-state index in [4.69, 9.17) is 5.11 Å². The Morgan fingerprint density at radius 1 is 1.60 bits per heavy atom. The van der Waals surface area contributed by atoms with Crippen LogP contribution in [0.3, 0.4) is 0 Å². The fourth-order valence-electron chi connectivity index (χ4n) is 0.485. The molecule has 0 radical (unpaired) electrons. The van der Waals surface area contributed by atoms with Gasteiger partial charge in [-0.05, 0) is 6.08 Å². The zero-order valence-electron chi connectivity index (χ0n) is 6.84. The van der Waals surface area contributed by atoms with Gasteiger partial charge in [-0.1, -0.05) is 6.58 Å². The third-order valence-corrected chi connectivity index (χ3v) is 1.61. The fourth-order valence-corrected chi connectivity index (χ4v) is 0.485. The van der Waals surface area contributed by atoms with Crippen molar-refractivity contribution in [1.82, 2.24) is 0 Å². The molecular formula is C7H16ClNO. The van der Waals surface area contributed by atoms with Gasteiger partial charge in [0.2, 0.25) is 0 Å². The molecule has 0 amide bonds. The maximum absolute atomic E-state index is 9.14. The summed E-state index contributed by atoms with van der Waals surface area (Å²) in [7, 11) is 3.93. The van der Waals surface area contributed by atoms with E-state index in [0.717, 1.165) is 6.54 Å². The van der Waals surface area contributed by atoms with Crippen molar-refractivity contribution in [1.29, 1.82) is 0 Å². The number of likely N-dealkylation sites (N-methyl/N-ethyl adjacent to an activating group) is 1. The van der Waals surface area contributed by atoms with Gasteiger partial charge >= 0.3 is 0 Å². The summed E-state index contributed by atoms with van der Waals surface area (Å²) in [6.07, 6.45) is 1.50. The van der Waals surface area contributed by atoms with E-state index in [1.165, 1.54) is 0 Å². The van der Waals surface area contributed by atoms with Gasteiger partial charge in [-0.2, -0.15) is 0 Å². The van der Waals surface area contributed by atoms with E-state index in [9.17, 15) is 0 Å². The SMILES string of the molecule is C=CC[N+](C)(C)C(C)O.[Cl-]. The molecule has 0 fully saturated rings. The predicted molar refractivity (Wildman–Crippen MR) is 38.9 cm³/mol. The Balaban J connectivity index is 0. The molecule has 0 aliphatic heterocycles. The monoisotopic (exact) mass is 165 g/mol. The molecule has 0 heterocycles. The third kappa shape index (κ3) is 3.88. The minimum atomic E-state index is -0.317.